The van der Waals surface area contributed by atoms with Gasteiger partial charge in [0, 0.05) is 6.07 Å². The first-order chi connectivity index (χ1) is 9.43. The van der Waals surface area contributed by atoms with Gasteiger partial charge in [0.1, 0.15) is 12.2 Å². The molecule has 0 saturated heterocycles. The van der Waals surface area contributed by atoms with Crippen molar-refractivity contribution in [2.45, 2.75) is 31.3 Å². The third-order valence-corrected chi connectivity index (χ3v) is 3.44. The molecule has 0 spiro atoms. The number of nitro groups is 1. The minimum absolute atomic E-state index is 0.141. The number of ether oxygens (including phenoxy) is 1. The Labute approximate surface area is 114 Å². The summed E-state index contributed by atoms with van der Waals surface area (Å²) in [6.45, 7) is -0.141. The van der Waals surface area contributed by atoms with E-state index in [1.807, 2.05) is 0 Å². The molecule has 7 nitrogen and oxygen atoms in total. The Morgan fingerprint density at radius 3 is 2.60 bits per heavy atom. The van der Waals surface area contributed by atoms with Crippen molar-refractivity contribution in [3.05, 3.63) is 33.9 Å². The van der Waals surface area contributed by atoms with Crippen LogP contribution in [0.3, 0.4) is 0 Å². The molecule has 0 aliphatic heterocycles. The molecule has 7 heteroatoms. The summed E-state index contributed by atoms with van der Waals surface area (Å²) < 4.78 is 5.31. The van der Waals surface area contributed by atoms with Crippen LogP contribution in [0.5, 0.6) is 5.75 Å². The zero-order valence-electron chi connectivity index (χ0n) is 10.7. The minimum atomic E-state index is -1.30. The molecule has 1 fully saturated rings. The number of aliphatic hydroxyl groups is 1. The van der Waals surface area contributed by atoms with Gasteiger partial charge in [0.05, 0.1) is 10.5 Å². The SMILES string of the molecule is O=C(O)c1cccc([N+](=O)[O-])c1OCC1(O)CCCC1. The molecular weight excluding hydrogens is 266 g/mol. The van der Waals surface area contributed by atoms with Crippen LogP contribution in [0.15, 0.2) is 18.2 Å². The maximum absolute atomic E-state index is 11.1. The number of carboxylic acid groups (broad SMARTS) is 1. The standard InChI is InChI=1S/C13H15NO6/c15-12(16)9-4-3-5-10(14(18)19)11(9)20-8-13(17)6-1-2-7-13/h3-5,17H,1-2,6-8H2,(H,15,16). The molecule has 0 unspecified atom stereocenters. The van der Waals surface area contributed by atoms with E-state index in [4.69, 9.17) is 9.84 Å². The van der Waals surface area contributed by atoms with Crippen LogP contribution in [0.25, 0.3) is 0 Å². The molecule has 2 rings (SSSR count). The number of hydrogen-bond acceptors (Lipinski definition) is 5. The molecule has 1 saturated carbocycles. The Morgan fingerprint density at radius 1 is 1.40 bits per heavy atom. The van der Waals surface area contributed by atoms with Crippen LogP contribution in [-0.4, -0.2) is 33.3 Å². The van der Waals surface area contributed by atoms with Gasteiger partial charge in [-0.1, -0.05) is 18.9 Å². The zero-order chi connectivity index (χ0) is 14.8. The third-order valence-electron chi connectivity index (χ3n) is 3.44. The summed E-state index contributed by atoms with van der Waals surface area (Å²) in [4.78, 5) is 21.4. The average molecular weight is 281 g/mol. The summed E-state index contributed by atoms with van der Waals surface area (Å²) in [7, 11) is 0. The molecule has 2 N–H and O–H groups in total. The smallest absolute Gasteiger partial charge is 0.339 e. The number of rotatable bonds is 5. The maximum Gasteiger partial charge on any atom is 0.339 e. The summed E-state index contributed by atoms with van der Waals surface area (Å²) in [5.74, 6) is -1.60. The van der Waals surface area contributed by atoms with Crippen molar-refractivity contribution in [2.24, 2.45) is 0 Å². The Morgan fingerprint density at radius 2 is 2.05 bits per heavy atom. The first-order valence-electron chi connectivity index (χ1n) is 6.29. The minimum Gasteiger partial charge on any atom is -0.483 e. The van der Waals surface area contributed by atoms with Gasteiger partial charge in [-0.25, -0.2) is 4.79 Å². The molecule has 1 aliphatic rings. The lowest BCUT2D eigenvalue weighted by atomic mass is 10.0. The predicted molar refractivity (Wildman–Crippen MR) is 69.0 cm³/mol. The van der Waals surface area contributed by atoms with Crippen molar-refractivity contribution in [3.63, 3.8) is 0 Å². The molecule has 0 radical (unpaired) electrons. The summed E-state index contributed by atoms with van der Waals surface area (Å²) in [6.07, 6.45) is 2.83. The number of para-hydroxylation sites is 1. The summed E-state index contributed by atoms with van der Waals surface area (Å²) in [5, 5.41) is 30.2. The Hall–Kier alpha value is -2.15. The van der Waals surface area contributed by atoms with E-state index in [1.165, 1.54) is 18.2 Å². The first kappa shape index (κ1) is 14.3. The van der Waals surface area contributed by atoms with Crippen LogP contribution < -0.4 is 4.74 Å². The van der Waals surface area contributed by atoms with Crippen molar-refractivity contribution in [3.8, 4) is 5.75 Å². The number of nitro benzene ring substituents is 1. The molecule has 108 valence electrons. The zero-order valence-corrected chi connectivity index (χ0v) is 10.7. The molecule has 1 aromatic carbocycles. The quantitative estimate of drug-likeness (QED) is 0.630. The number of nitrogens with zero attached hydrogens (tertiary/aromatic N) is 1. The fourth-order valence-corrected chi connectivity index (χ4v) is 2.37. The molecule has 0 bridgehead atoms. The second-order valence-corrected chi connectivity index (χ2v) is 4.94. The molecule has 1 aromatic rings. The average Bonchev–Trinajstić information content (AvgIpc) is 2.83. The highest BCUT2D eigenvalue weighted by Gasteiger charge is 2.33. The van der Waals surface area contributed by atoms with Gasteiger partial charge in [-0.2, -0.15) is 0 Å². The van der Waals surface area contributed by atoms with Crippen LogP contribution in [0, 0.1) is 10.1 Å². The number of hydrogen-bond donors (Lipinski definition) is 2. The number of aromatic carboxylic acids is 1. The third kappa shape index (κ3) is 2.88. The van der Waals surface area contributed by atoms with Crippen LogP contribution in [0.4, 0.5) is 5.69 Å². The van der Waals surface area contributed by atoms with E-state index in [2.05, 4.69) is 0 Å². The van der Waals surface area contributed by atoms with E-state index in [1.54, 1.807) is 0 Å². The lowest BCUT2D eigenvalue weighted by Crippen LogP contribution is -2.32. The monoisotopic (exact) mass is 281 g/mol. The number of benzene rings is 1. The molecular formula is C13H15NO6. The highest BCUT2D eigenvalue weighted by Crippen LogP contribution is 2.34. The highest BCUT2D eigenvalue weighted by atomic mass is 16.6. The second kappa shape index (κ2) is 5.46. The summed E-state index contributed by atoms with van der Waals surface area (Å²) in [6, 6.07) is 3.71. The predicted octanol–water partition coefficient (Wildman–Crippen LogP) is 1.98. The van der Waals surface area contributed by atoms with Crippen molar-refractivity contribution in [1.82, 2.24) is 0 Å². The van der Waals surface area contributed by atoms with Gasteiger partial charge in [-0.3, -0.25) is 10.1 Å². The van der Waals surface area contributed by atoms with E-state index >= 15 is 0 Å². The lowest BCUT2D eigenvalue weighted by molar-refractivity contribution is -0.386. The van der Waals surface area contributed by atoms with Gasteiger partial charge in [-0.15, -0.1) is 0 Å². The van der Waals surface area contributed by atoms with Crippen molar-refractivity contribution >= 4 is 11.7 Å². The second-order valence-electron chi connectivity index (χ2n) is 4.94. The summed E-state index contributed by atoms with van der Waals surface area (Å²) >= 11 is 0. The van der Waals surface area contributed by atoms with Crippen LogP contribution >= 0.6 is 0 Å². The fourth-order valence-electron chi connectivity index (χ4n) is 2.37. The van der Waals surface area contributed by atoms with Gasteiger partial charge < -0.3 is 14.9 Å². The molecule has 0 aromatic heterocycles. The van der Waals surface area contributed by atoms with E-state index in [9.17, 15) is 20.0 Å². The summed E-state index contributed by atoms with van der Waals surface area (Å²) in [5.41, 5.74) is -1.72. The van der Waals surface area contributed by atoms with E-state index in [-0.39, 0.29) is 17.9 Å². The van der Waals surface area contributed by atoms with E-state index in [0.29, 0.717) is 12.8 Å². The van der Waals surface area contributed by atoms with Gasteiger partial charge in [-0.05, 0) is 18.9 Å². The van der Waals surface area contributed by atoms with Gasteiger partial charge in [0.15, 0.2) is 0 Å². The largest absolute Gasteiger partial charge is 0.483 e. The van der Waals surface area contributed by atoms with Gasteiger partial charge in [0.25, 0.3) is 0 Å². The molecule has 1 aliphatic carbocycles. The lowest BCUT2D eigenvalue weighted by Gasteiger charge is -2.22. The van der Waals surface area contributed by atoms with Crippen LogP contribution in [-0.2, 0) is 0 Å². The first-order valence-corrected chi connectivity index (χ1v) is 6.29. The maximum atomic E-state index is 11.1. The highest BCUT2D eigenvalue weighted by molar-refractivity contribution is 5.92. The van der Waals surface area contributed by atoms with E-state index in [0.717, 1.165) is 12.8 Å². The molecule has 0 heterocycles. The molecule has 20 heavy (non-hydrogen) atoms. The van der Waals surface area contributed by atoms with Crippen molar-refractivity contribution in [2.75, 3.05) is 6.61 Å². The topological polar surface area (TPSA) is 110 Å². The van der Waals surface area contributed by atoms with Gasteiger partial charge >= 0.3 is 11.7 Å². The molecule has 0 atom stereocenters. The number of carbonyl (C=O) groups is 1. The Kier molecular flexibility index (Phi) is 3.89. The Bertz CT molecular complexity index is 503. The normalized spacial score (nSPS) is 16.9. The molecule has 0 amide bonds. The fraction of sp³-hybridized carbons (Fsp3) is 0.462. The number of carboxylic acids is 1. The van der Waals surface area contributed by atoms with Crippen molar-refractivity contribution < 1.29 is 24.7 Å². The van der Waals surface area contributed by atoms with E-state index < -0.39 is 22.2 Å². The van der Waals surface area contributed by atoms with Crippen molar-refractivity contribution in [1.29, 1.82) is 0 Å². The van der Waals surface area contributed by atoms with Crippen LogP contribution in [0.1, 0.15) is 36.0 Å². The van der Waals surface area contributed by atoms with Gasteiger partial charge in [0.2, 0.25) is 5.75 Å². The van der Waals surface area contributed by atoms with Crippen LogP contribution in [0.2, 0.25) is 0 Å². The Balaban J connectivity index is 2.28.